The molecule has 0 atom stereocenters. The first-order valence-corrected chi connectivity index (χ1v) is 12.6. The van der Waals surface area contributed by atoms with Gasteiger partial charge in [-0.05, 0) is 74.1 Å². The zero-order valence-corrected chi connectivity index (χ0v) is 22.3. The number of hydrogen-bond acceptors (Lipinski definition) is 8. The molecule has 4 aromatic rings. The fourth-order valence-corrected chi connectivity index (χ4v) is 4.87. The van der Waals surface area contributed by atoms with E-state index >= 15 is 0 Å². The van der Waals surface area contributed by atoms with Gasteiger partial charge in [-0.25, -0.2) is 9.59 Å². The topological polar surface area (TPSA) is 134 Å². The van der Waals surface area contributed by atoms with Crippen molar-refractivity contribution < 1.29 is 39.3 Å². The third-order valence-electron chi connectivity index (χ3n) is 4.44. The molecule has 8 nitrogen and oxygen atoms in total. The first-order valence-electron chi connectivity index (χ1n) is 10.1. The molecule has 0 amide bonds. The number of thiophene rings is 2. The second-order valence-electron chi connectivity index (χ2n) is 6.75. The lowest BCUT2D eigenvalue weighted by Crippen LogP contribution is -2.29. The zero-order valence-electron chi connectivity index (χ0n) is 19.1. The molecule has 0 spiro atoms. The molecule has 0 radical (unpaired) electrons. The number of hydrogen-bond donors (Lipinski definition) is 4. The van der Waals surface area contributed by atoms with Gasteiger partial charge in [-0.3, -0.25) is 0 Å². The van der Waals surface area contributed by atoms with Gasteiger partial charge in [-0.15, -0.1) is 22.7 Å². The molecule has 4 N–H and O–H groups in total. The maximum Gasteiger partial charge on any atom is 0.488 e. The molecule has 4 rings (SSSR count). The summed E-state index contributed by atoms with van der Waals surface area (Å²) in [5, 5.41) is 38.4. The van der Waals surface area contributed by atoms with E-state index in [0.29, 0.717) is 25.4 Å². The Balaban J connectivity index is 0.000000200. The second kappa shape index (κ2) is 14.4. The lowest BCUT2D eigenvalue weighted by molar-refractivity contribution is 0.0691. The van der Waals surface area contributed by atoms with E-state index in [-0.39, 0.29) is 0 Å². The molecule has 0 saturated heterocycles. The molecule has 0 bridgehead atoms. The maximum atomic E-state index is 11.0. The molecule has 0 unspecified atom stereocenters. The van der Waals surface area contributed by atoms with Crippen LogP contribution in [0.5, 0.6) is 11.5 Å². The van der Waals surface area contributed by atoms with Crippen LogP contribution in [0.15, 0.2) is 75.9 Å². The van der Waals surface area contributed by atoms with Crippen LogP contribution in [-0.4, -0.2) is 53.5 Å². The average Bonchev–Trinajstić information content (AvgIpc) is 3.54. The van der Waals surface area contributed by atoms with Crippen molar-refractivity contribution in [3.05, 3.63) is 85.7 Å². The smallest absolute Gasteiger partial charge is 0.488 e. The number of ether oxygens (including phenoxy) is 2. The van der Waals surface area contributed by atoms with E-state index in [1.54, 1.807) is 48.2 Å². The van der Waals surface area contributed by atoms with Crippen LogP contribution < -0.4 is 14.9 Å². The van der Waals surface area contributed by atoms with E-state index in [1.165, 1.54) is 29.8 Å². The van der Waals surface area contributed by atoms with Crippen molar-refractivity contribution in [1.29, 1.82) is 0 Å². The van der Waals surface area contributed by atoms with Gasteiger partial charge in [0.15, 0.2) is 0 Å². The summed E-state index contributed by atoms with van der Waals surface area (Å²) in [6.07, 6.45) is 0. The number of carbonyl (C=O) groups is 2. The molecule has 2 heterocycles. The van der Waals surface area contributed by atoms with Crippen LogP contribution >= 0.6 is 38.6 Å². The first-order chi connectivity index (χ1) is 17.2. The van der Waals surface area contributed by atoms with Gasteiger partial charge < -0.3 is 29.7 Å². The Morgan fingerprint density at radius 2 is 1.36 bits per heavy atom. The van der Waals surface area contributed by atoms with E-state index in [2.05, 4.69) is 15.9 Å². The van der Waals surface area contributed by atoms with Crippen LogP contribution in [0.4, 0.5) is 0 Å². The SMILES string of the molecule is COc1cccc(-c2ccsc2C(=O)O)c1.COc1cccc(B(O)O)c1.O=C(O)c1sccc1Br. The molecule has 0 fully saturated rings. The Hall–Kier alpha value is -3.16. The minimum absolute atomic E-state index is 0.355. The predicted molar refractivity (Wildman–Crippen MR) is 145 cm³/mol. The summed E-state index contributed by atoms with van der Waals surface area (Å²) in [6, 6.07) is 17.5. The fourth-order valence-electron chi connectivity index (χ4n) is 2.74. The molecule has 188 valence electrons. The fraction of sp³-hybridized carbons (Fsp3) is 0.0833. The van der Waals surface area contributed by atoms with Crippen molar-refractivity contribution >= 4 is 63.1 Å². The lowest BCUT2D eigenvalue weighted by Gasteiger charge is -2.03. The lowest BCUT2D eigenvalue weighted by atomic mass is 9.80. The van der Waals surface area contributed by atoms with Crippen LogP contribution in [-0.2, 0) is 0 Å². The Labute approximate surface area is 224 Å². The Kier molecular flexibility index (Phi) is 11.6. The normalized spacial score (nSPS) is 9.69. The summed E-state index contributed by atoms with van der Waals surface area (Å²) in [4.78, 5) is 22.0. The van der Waals surface area contributed by atoms with Crippen LogP contribution in [0.2, 0.25) is 0 Å². The highest BCUT2D eigenvalue weighted by molar-refractivity contribution is 9.10. The highest BCUT2D eigenvalue weighted by Crippen LogP contribution is 2.30. The third-order valence-corrected chi connectivity index (χ3v) is 7.17. The average molecular weight is 593 g/mol. The third kappa shape index (κ3) is 8.50. The van der Waals surface area contributed by atoms with Gasteiger partial charge >= 0.3 is 19.1 Å². The minimum atomic E-state index is -1.43. The van der Waals surface area contributed by atoms with Gasteiger partial charge in [0, 0.05) is 10.0 Å². The number of aromatic carboxylic acids is 2. The van der Waals surface area contributed by atoms with E-state index in [4.69, 9.17) is 29.7 Å². The van der Waals surface area contributed by atoms with Crippen molar-refractivity contribution in [1.82, 2.24) is 0 Å². The molecule has 36 heavy (non-hydrogen) atoms. The molecule has 2 aromatic heterocycles. The van der Waals surface area contributed by atoms with E-state index < -0.39 is 19.1 Å². The summed E-state index contributed by atoms with van der Waals surface area (Å²) >= 11 is 5.53. The number of methoxy groups -OCH3 is 2. The summed E-state index contributed by atoms with van der Waals surface area (Å²) < 4.78 is 10.6. The second-order valence-corrected chi connectivity index (χ2v) is 9.44. The van der Waals surface area contributed by atoms with Crippen molar-refractivity contribution in [3.8, 4) is 22.6 Å². The Morgan fingerprint density at radius 1 is 0.806 bits per heavy atom. The summed E-state index contributed by atoms with van der Waals surface area (Å²) in [5.74, 6) is -0.430. The molecule has 0 saturated carbocycles. The molecule has 0 aliphatic rings. The van der Waals surface area contributed by atoms with Gasteiger partial charge in [0.05, 0.1) is 14.2 Å². The summed E-state index contributed by atoms with van der Waals surface area (Å²) in [6.45, 7) is 0. The van der Waals surface area contributed by atoms with Crippen molar-refractivity contribution in [2.24, 2.45) is 0 Å². The van der Waals surface area contributed by atoms with Gasteiger partial charge in [0.2, 0.25) is 0 Å². The molecular formula is C24H22BBrO8S2. The van der Waals surface area contributed by atoms with Crippen LogP contribution in [0.1, 0.15) is 19.3 Å². The van der Waals surface area contributed by atoms with Crippen LogP contribution in [0.25, 0.3) is 11.1 Å². The summed E-state index contributed by atoms with van der Waals surface area (Å²) in [5.41, 5.74) is 2.03. The number of benzene rings is 2. The molecular weight excluding hydrogens is 571 g/mol. The molecule has 0 aliphatic carbocycles. The highest BCUT2D eigenvalue weighted by Gasteiger charge is 2.13. The number of carboxylic acids is 2. The van der Waals surface area contributed by atoms with Crippen molar-refractivity contribution in [2.75, 3.05) is 14.2 Å². The van der Waals surface area contributed by atoms with Crippen LogP contribution in [0.3, 0.4) is 0 Å². The monoisotopic (exact) mass is 592 g/mol. The van der Waals surface area contributed by atoms with Gasteiger partial charge in [0.25, 0.3) is 0 Å². The molecule has 2 aromatic carbocycles. The quantitative estimate of drug-likeness (QED) is 0.237. The minimum Gasteiger partial charge on any atom is -0.497 e. The maximum absolute atomic E-state index is 11.0. The van der Waals surface area contributed by atoms with E-state index in [0.717, 1.165) is 16.9 Å². The number of carboxylic acid groups (broad SMARTS) is 2. The van der Waals surface area contributed by atoms with Crippen molar-refractivity contribution in [3.63, 3.8) is 0 Å². The zero-order chi connectivity index (χ0) is 26.7. The Bertz CT molecular complexity index is 1290. The van der Waals surface area contributed by atoms with E-state index in [9.17, 15) is 9.59 Å². The van der Waals surface area contributed by atoms with Gasteiger partial charge in [-0.1, -0.05) is 24.3 Å². The first kappa shape index (κ1) is 29.1. The number of halogens is 1. The van der Waals surface area contributed by atoms with Gasteiger partial charge in [0.1, 0.15) is 21.3 Å². The van der Waals surface area contributed by atoms with E-state index in [1.807, 2.05) is 30.3 Å². The number of rotatable bonds is 6. The molecule has 0 aliphatic heterocycles. The summed E-state index contributed by atoms with van der Waals surface area (Å²) in [7, 11) is 1.69. The molecule has 12 heteroatoms. The van der Waals surface area contributed by atoms with Crippen LogP contribution in [0, 0.1) is 0 Å². The Morgan fingerprint density at radius 3 is 1.86 bits per heavy atom. The predicted octanol–water partition coefficient (Wildman–Crippen LogP) is 4.71. The largest absolute Gasteiger partial charge is 0.497 e. The highest BCUT2D eigenvalue weighted by atomic mass is 79.9. The van der Waals surface area contributed by atoms with Gasteiger partial charge in [-0.2, -0.15) is 0 Å². The van der Waals surface area contributed by atoms with Crippen molar-refractivity contribution in [2.45, 2.75) is 0 Å². The standard InChI is InChI=1S/C12H10O3S.C7H9BO3.C5H3BrO2S/c1-15-9-4-2-3-8(7-9)10-5-6-16-11(10)12(13)14;1-11-7-4-2-3-6(5-7)8(9)10;6-3-1-2-9-4(3)5(7)8/h2-7H,1H3,(H,13,14);2-5,9-10H,1H3;1-2H,(H,7,8).